The molecule has 3 unspecified atom stereocenters. The predicted octanol–water partition coefficient (Wildman–Crippen LogP) is 2.00. The number of rotatable bonds is 2. The second-order valence-corrected chi connectivity index (χ2v) is 7.14. The Morgan fingerprint density at radius 1 is 1.17 bits per heavy atom. The highest BCUT2D eigenvalue weighted by molar-refractivity contribution is 5.20. The number of fused-ring (bicyclic) bond motifs is 1. The van der Waals surface area contributed by atoms with E-state index in [1.54, 1.807) is 0 Å². The molecule has 0 aromatic heterocycles. The van der Waals surface area contributed by atoms with E-state index in [2.05, 4.69) is 18.7 Å². The molecule has 1 saturated carbocycles. The van der Waals surface area contributed by atoms with Crippen LogP contribution in [0.1, 0.15) is 46.0 Å². The first-order valence-electron chi connectivity index (χ1n) is 7.68. The van der Waals surface area contributed by atoms with Gasteiger partial charge in [0.05, 0.1) is 6.10 Å². The van der Waals surface area contributed by atoms with Crippen LogP contribution in [0.25, 0.3) is 0 Å². The molecule has 3 fully saturated rings. The van der Waals surface area contributed by atoms with Gasteiger partial charge in [-0.3, -0.25) is 0 Å². The highest BCUT2D eigenvalue weighted by Crippen LogP contribution is 2.57. The number of likely N-dealkylation sites (tertiary alicyclic amines) is 1. The number of hydrogen-bond donors (Lipinski definition) is 1. The molecule has 18 heavy (non-hydrogen) atoms. The number of hydrogen-bond acceptors (Lipinski definition) is 3. The van der Waals surface area contributed by atoms with E-state index in [0.717, 1.165) is 13.2 Å². The van der Waals surface area contributed by atoms with Crippen molar-refractivity contribution in [1.82, 2.24) is 4.90 Å². The van der Waals surface area contributed by atoms with Crippen molar-refractivity contribution in [3.63, 3.8) is 0 Å². The minimum atomic E-state index is -0.0323. The first-order chi connectivity index (χ1) is 8.56. The molecule has 2 saturated heterocycles. The van der Waals surface area contributed by atoms with Crippen LogP contribution in [0, 0.1) is 11.3 Å². The molecular formula is C15H28N2O. The quantitative estimate of drug-likeness (QED) is 0.817. The summed E-state index contributed by atoms with van der Waals surface area (Å²) in [6.45, 7) is 9.11. The van der Waals surface area contributed by atoms with Crippen molar-refractivity contribution in [3.05, 3.63) is 0 Å². The molecule has 104 valence electrons. The van der Waals surface area contributed by atoms with E-state index in [1.807, 2.05) is 0 Å². The highest BCUT2D eigenvalue weighted by atomic mass is 16.5. The van der Waals surface area contributed by atoms with E-state index < -0.39 is 0 Å². The van der Waals surface area contributed by atoms with Gasteiger partial charge in [0.1, 0.15) is 0 Å². The van der Waals surface area contributed by atoms with E-state index in [0.29, 0.717) is 12.0 Å². The number of nitrogens with two attached hydrogens (primary N) is 1. The first-order valence-corrected chi connectivity index (χ1v) is 7.68. The minimum absolute atomic E-state index is 0.0323. The second kappa shape index (κ2) is 4.46. The maximum Gasteiger partial charge on any atom is 0.0690 e. The van der Waals surface area contributed by atoms with Crippen molar-refractivity contribution >= 4 is 0 Å². The molecule has 2 aliphatic heterocycles. The van der Waals surface area contributed by atoms with Gasteiger partial charge in [-0.05, 0) is 38.8 Å². The average Bonchev–Trinajstić information content (AvgIpc) is 2.40. The highest BCUT2D eigenvalue weighted by Gasteiger charge is 2.66. The van der Waals surface area contributed by atoms with E-state index in [1.165, 1.54) is 45.2 Å². The van der Waals surface area contributed by atoms with Crippen molar-refractivity contribution in [2.45, 2.75) is 57.6 Å². The summed E-state index contributed by atoms with van der Waals surface area (Å²) in [5.74, 6) is 0.586. The van der Waals surface area contributed by atoms with Crippen molar-refractivity contribution in [3.8, 4) is 0 Å². The lowest BCUT2D eigenvalue weighted by molar-refractivity contribution is -0.232. The zero-order valence-electron chi connectivity index (χ0n) is 12.0. The summed E-state index contributed by atoms with van der Waals surface area (Å²) in [4.78, 5) is 2.59. The van der Waals surface area contributed by atoms with Gasteiger partial charge in [-0.2, -0.15) is 0 Å². The molecule has 0 aromatic rings. The van der Waals surface area contributed by atoms with Crippen LogP contribution in [0.5, 0.6) is 0 Å². The van der Waals surface area contributed by atoms with Crippen LogP contribution in [-0.2, 0) is 4.74 Å². The largest absolute Gasteiger partial charge is 0.377 e. The summed E-state index contributed by atoms with van der Waals surface area (Å²) in [7, 11) is 0. The lowest BCUT2D eigenvalue weighted by atomic mass is 9.46. The zero-order valence-corrected chi connectivity index (χ0v) is 12.0. The number of ether oxygens (including phenoxy) is 1. The Morgan fingerprint density at radius 3 is 2.61 bits per heavy atom. The van der Waals surface area contributed by atoms with Crippen LogP contribution in [0.3, 0.4) is 0 Å². The summed E-state index contributed by atoms with van der Waals surface area (Å²) in [6, 6.07) is 0. The molecule has 0 spiro atoms. The van der Waals surface area contributed by atoms with E-state index in [4.69, 9.17) is 10.5 Å². The SMILES string of the molecule is CC1(C)C2OCCCC2C1(N)CN1CCCCC1. The fraction of sp³-hybridized carbons (Fsp3) is 1.00. The van der Waals surface area contributed by atoms with Crippen molar-refractivity contribution in [1.29, 1.82) is 0 Å². The molecule has 3 rings (SSSR count). The van der Waals surface area contributed by atoms with Gasteiger partial charge in [0.25, 0.3) is 0 Å². The Bertz CT molecular complexity index is 312. The first kappa shape index (κ1) is 12.9. The monoisotopic (exact) mass is 252 g/mol. The summed E-state index contributed by atoms with van der Waals surface area (Å²) in [6.07, 6.45) is 6.95. The van der Waals surface area contributed by atoms with Crippen LogP contribution >= 0.6 is 0 Å². The van der Waals surface area contributed by atoms with Gasteiger partial charge in [0, 0.05) is 30.0 Å². The minimum Gasteiger partial charge on any atom is -0.377 e. The lowest BCUT2D eigenvalue weighted by Crippen LogP contribution is -2.80. The third kappa shape index (κ3) is 1.75. The van der Waals surface area contributed by atoms with Crippen LogP contribution in [0.15, 0.2) is 0 Å². The average molecular weight is 252 g/mol. The fourth-order valence-electron chi connectivity index (χ4n) is 4.48. The maximum absolute atomic E-state index is 6.84. The van der Waals surface area contributed by atoms with Crippen molar-refractivity contribution in [2.24, 2.45) is 17.1 Å². The Hall–Kier alpha value is -0.120. The molecule has 1 aliphatic carbocycles. The van der Waals surface area contributed by atoms with Gasteiger partial charge in [0.15, 0.2) is 0 Å². The number of piperidine rings is 1. The van der Waals surface area contributed by atoms with Gasteiger partial charge >= 0.3 is 0 Å². The number of nitrogens with zero attached hydrogens (tertiary/aromatic N) is 1. The van der Waals surface area contributed by atoms with E-state index in [9.17, 15) is 0 Å². The molecule has 3 atom stereocenters. The Morgan fingerprint density at radius 2 is 1.89 bits per heavy atom. The van der Waals surface area contributed by atoms with Crippen LogP contribution < -0.4 is 5.73 Å². The summed E-state index contributed by atoms with van der Waals surface area (Å²) in [5, 5.41) is 0. The summed E-state index contributed by atoms with van der Waals surface area (Å²) < 4.78 is 5.98. The lowest BCUT2D eigenvalue weighted by Gasteiger charge is -2.67. The molecule has 3 heteroatoms. The molecule has 0 amide bonds. The predicted molar refractivity (Wildman–Crippen MR) is 73.5 cm³/mol. The third-order valence-electron chi connectivity index (χ3n) is 5.83. The molecule has 3 nitrogen and oxygen atoms in total. The van der Waals surface area contributed by atoms with E-state index in [-0.39, 0.29) is 11.0 Å². The maximum atomic E-state index is 6.84. The molecular weight excluding hydrogens is 224 g/mol. The van der Waals surface area contributed by atoms with Crippen LogP contribution in [-0.4, -0.2) is 42.8 Å². The van der Waals surface area contributed by atoms with Gasteiger partial charge in [-0.15, -0.1) is 0 Å². The zero-order chi connectivity index (χ0) is 12.8. The molecule has 2 heterocycles. The van der Waals surface area contributed by atoms with Crippen molar-refractivity contribution < 1.29 is 4.74 Å². The van der Waals surface area contributed by atoms with Crippen LogP contribution in [0.4, 0.5) is 0 Å². The molecule has 0 radical (unpaired) electrons. The fourth-order valence-corrected chi connectivity index (χ4v) is 4.48. The Kier molecular flexibility index (Phi) is 3.20. The summed E-state index contributed by atoms with van der Waals surface area (Å²) >= 11 is 0. The molecule has 0 bridgehead atoms. The van der Waals surface area contributed by atoms with Gasteiger partial charge in [0.2, 0.25) is 0 Å². The standard InChI is InChI=1S/C15H28N2O/c1-14(2)13-12(7-6-10-18-13)15(14,16)11-17-8-4-3-5-9-17/h12-13H,3-11,16H2,1-2H3. The molecule has 3 aliphatic rings. The van der Waals surface area contributed by atoms with Crippen LogP contribution in [0.2, 0.25) is 0 Å². The van der Waals surface area contributed by atoms with E-state index >= 15 is 0 Å². The van der Waals surface area contributed by atoms with Gasteiger partial charge in [-0.1, -0.05) is 20.3 Å². The summed E-state index contributed by atoms with van der Waals surface area (Å²) in [5.41, 5.74) is 6.95. The van der Waals surface area contributed by atoms with Crippen molar-refractivity contribution in [2.75, 3.05) is 26.2 Å². The smallest absolute Gasteiger partial charge is 0.0690 e. The normalized spacial score (nSPS) is 44.2. The Balaban J connectivity index is 1.71. The topological polar surface area (TPSA) is 38.5 Å². The second-order valence-electron chi connectivity index (χ2n) is 7.14. The third-order valence-corrected chi connectivity index (χ3v) is 5.83. The Labute approximate surface area is 111 Å². The molecule has 0 aromatic carbocycles. The van der Waals surface area contributed by atoms with Gasteiger partial charge in [-0.25, -0.2) is 0 Å². The van der Waals surface area contributed by atoms with Gasteiger partial charge < -0.3 is 15.4 Å². The molecule has 2 N–H and O–H groups in total.